The van der Waals surface area contributed by atoms with Crippen LogP contribution in [-0.4, -0.2) is 11.7 Å². The van der Waals surface area contributed by atoms with E-state index >= 15 is 0 Å². The van der Waals surface area contributed by atoms with Crippen molar-refractivity contribution in [2.24, 2.45) is 0 Å². The molecule has 2 rings (SSSR count). The quantitative estimate of drug-likeness (QED) is 0.455. The van der Waals surface area contributed by atoms with Crippen molar-refractivity contribution in [2.75, 3.05) is 16.8 Å². The van der Waals surface area contributed by atoms with Crippen LogP contribution in [0.1, 0.15) is 6.42 Å². The van der Waals surface area contributed by atoms with Crippen molar-refractivity contribution in [1.29, 1.82) is 0 Å². The summed E-state index contributed by atoms with van der Waals surface area (Å²) in [5.41, 5.74) is 7.22. The molecule has 0 spiro atoms. The summed E-state index contributed by atoms with van der Waals surface area (Å²) in [5, 5.41) is 2.89. The topological polar surface area (TPSA) is 55.1 Å². The second-order valence-corrected chi connectivity index (χ2v) is 6.64. The molecular weight excluding hydrogens is 383 g/mol. The fourth-order valence-corrected chi connectivity index (χ4v) is 2.79. The number of rotatable bonds is 5. The number of hydrogen-bond donors (Lipinski definition) is 2. The lowest BCUT2D eigenvalue weighted by Crippen LogP contribution is -2.12. The van der Waals surface area contributed by atoms with Gasteiger partial charge < -0.3 is 11.1 Å². The lowest BCUT2D eigenvalue weighted by Gasteiger charge is -2.05. The lowest BCUT2D eigenvalue weighted by molar-refractivity contribution is -0.115. The van der Waals surface area contributed by atoms with Gasteiger partial charge in [0.15, 0.2) is 0 Å². The predicted molar refractivity (Wildman–Crippen MR) is 94.0 cm³/mol. The van der Waals surface area contributed by atoms with Crippen LogP contribution in [0.25, 0.3) is 0 Å². The molecule has 3 nitrogen and oxygen atoms in total. The summed E-state index contributed by atoms with van der Waals surface area (Å²) in [4.78, 5) is 12.9. The molecule has 0 radical (unpaired) electrons. The number of halogens is 1. The molecule has 0 aromatic heterocycles. The third kappa shape index (κ3) is 5.05. The molecule has 2 aromatic rings. The number of anilines is 2. The van der Waals surface area contributed by atoms with Crippen molar-refractivity contribution in [3.8, 4) is 0 Å². The molecule has 0 aliphatic carbocycles. The van der Waals surface area contributed by atoms with E-state index in [4.69, 9.17) is 5.73 Å². The van der Waals surface area contributed by atoms with Crippen LogP contribution in [0.5, 0.6) is 0 Å². The molecule has 20 heavy (non-hydrogen) atoms. The zero-order chi connectivity index (χ0) is 14.4. The number of carbonyl (C=O) groups is 1. The number of benzene rings is 2. The van der Waals surface area contributed by atoms with E-state index in [1.165, 1.54) is 0 Å². The van der Waals surface area contributed by atoms with Gasteiger partial charge in [-0.05, 0) is 71.1 Å². The van der Waals surface area contributed by atoms with Crippen LogP contribution >= 0.6 is 34.4 Å². The second kappa shape index (κ2) is 7.54. The molecule has 5 heteroatoms. The Hall–Kier alpha value is -1.21. The summed E-state index contributed by atoms with van der Waals surface area (Å²) in [6.45, 7) is 0. The highest BCUT2D eigenvalue weighted by atomic mass is 127. The molecular formula is C15H15IN2OS. The maximum atomic E-state index is 11.8. The molecule has 2 aromatic carbocycles. The number of nitrogen functional groups attached to an aromatic ring is 1. The summed E-state index contributed by atoms with van der Waals surface area (Å²) >= 11 is 3.89. The molecule has 0 unspecified atom stereocenters. The molecule has 0 heterocycles. The van der Waals surface area contributed by atoms with E-state index in [2.05, 4.69) is 27.9 Å². The van der Waals surface area contributed by atoms with Crippen molar-refractivity contribution < 1.29 is 4.79 Å². The van der Waals surface area contributed by atoms with E-state index in [1.54, 1.807) is 11.8 Å². The second-order valence-electron chi connectivity index (χ2n) is 4.22. The van der Waals surface area contributed by atoms with E-state index in [-0.39, 0.29) is 5.91 Å². The molecule has 0 atom stereocenters. The number of amides is 1. The van der Waals surface area contributed by atoms with Crippen molar-refractivity contribution in [1.82, 2.24) is 0 Å². The third-order valence-electron chi connectivity index (χ3n) is 2.61. The van der Waals surface area contributed by atoms with Crippen LogP contribution in [0.2, 0.25) is 0 Å². The average molecular weight is 398 g/mol. The smallest absolute Gasteiger partial charge is 0.225 e. The van der Waals surface area contributed by atoms with Crippen LogP contribution in [0.4, 0.5) is 11.4 Å². The van der Waals surface area contributed by atoms with Gasteiger partial charge >= 0.3 is 0 Å². The van der Waals surface area contributed by atoms with Crippen LogP contribution in [0.15, 0.2) is 53.4 Å². The van der Waals surface area contributed by atoms with Crippen LogP contribution < -0.4 is 11.1 Å². The van der Waals surface area contributed by atoms with Gasteiger partial charge in [0.1, 0.15) is 0 Å². The van der Waals surface area contributed by atoms with Gasteiger partial charge in [-0.25, -0.2) is 0 Å². The highest BCUT2D eigenvalue weighted by Gasteiger charge is 2.03. The summed E-state index contributed by atoms with van der Waals surface area (Å²) in [6, 6.07) is 15.4. The average Bonchev–Trinajstić information content (AvgIpc) is 2.44. The maximum absolute atomic E-state index is 11.8. The molecule has 0 aliphatic heterocycles. The van der Waals surface area contributed by atoms with Crippen molar-refractivity contribution >= 4 is 51.6 Å². The van der Waals surface area contributed by atoms with Crippen molar-refractivity contribution in [2.45, 2.75) is 11.3 Å². The van der Waals surface area contributed by atoms with Crippen molar-refractivity contribution in [3.63, 3.8) is 0 Å². The van der Waals surface area contributed by atoms with Gasteiger partial charge in [-0.15, -0.1) is 11.8 Å². The van der Waals surface area contributed by atoms with Gasteiger partial charge in [-0.1, -0.05) is 0 Å². The number of hydrogen-bond acceptors (Lipinski definition) is 3. The summed E-state index contributed by atoms with van der Waals surface area (Å²) < 4.78 is 1.15. The van der Waals surface area contributed by atoms with E-state index in [0.29, 0.717) is 6.42 Å². The minimum absolute atomic E-state index is 0.0363. The third-order valence-corrected chi connectivity index (χ3v) is 4.34. The van der Waals surface area contributed by atoms with Crippen LogP contribution in [0, 0.1) is 3.57 Å². The lowest BCUT2D eigenvalue weighted by atomic mass is 10.3. The molecule has 1 amide bonds. The van der Waals surface area contributed by atoms with E-state index in [0.717, 1.165) is 25.6 Å². The summed E-state index contributed by atoms with van der Waals surface area (Å²) in [5.74, 6) is 0.786. The van der Waals surface area contributed by atoms with Gasteiger partial charge in [-0.3, -0.25) is 4.79 Å². The van der Waals surface area contributed by atoms with Gasteiger partial charge in [0, 0.05) is 32.0 Å². The first-order valence-corrected chi connectivity index (χ1v) is 8.24. The fraction of sp³-hybridized carbons (Fsp3) is 0.133. The molecule has 0 saturated heterocycles. The standard InChI is InChI=1S/C15H15IN2OS/c16-11-1-5-13(6-2-11)18-15(19)9-10-20-14-7-3-12(17)4-8-14/h1-8H,9-10,17H2,(H,18,19). The van der Waals surface area contributed by atoms with Crippen LogP contribution in [0.3, 0.4) is 0 Å². The molecule has 104 valence electrons. The van der Waals surface area contributed by atoms with Gasteiger partial charge in [0.2, 0.25) is 5.91 Å². The van der Waals surface area contributed by atoms with Crippen LogP contribution in [-0.2, 0) is 4.79 Å². The first-order valence-electron chi connectivity index (χ1n) is 6.17. The number of nitrogens with two attached hydrogens (primary N) is 1. The van der Waals surface area contributed by atoms with Crippen molar-refractivity contribution in [3.05, 3.63) is 52.1 Å². The summed E-state index contributed by atoms with van der Waals surface area (Å²) in [7, 11) is 0. The SMILES string of the molecule is Nc1ccc(SCCC(=O)Nc2ccc(I)cc2)cc1. The Bertz CT molecular complexity index is 569. The monoisotopic (exact) mass is 398 g/mol. The normalized spacial score (nSPS) is 10.2. The minimum atomic E-state index is 0.0363. The Labute approximate surface area is 136 Å². The maximum Gasteiger partial charge on any atom is 0.225 e. The Morgan fingerprint density at radius 2 is 1.75 bits per heavy atom. The Balaban J connectivity index is 1.75. The van der Waals surface area contributed by atoms with E-state index in [1.807, 2.05) is 48.5 Å². The zero-order valence-electron chi connectivity index (χ0n) is 10.8. The zero-order valence-corrected chi connectivity index (χ0v) is 13.8. The molecule has 0 saturated carbocycles. The molecule has 0 aliphatic rings. The largest absolute Gasteiger partial charge is 0.399 e. The molecule has 0 fully saturated rings. The number of carbonyl (C=O) groups excluding carboxylic acids is 1. The van der Waals surface area contributed by atoms with Gasteiger partial charge in [0.05, 0.1) is 0 Å². The Morgan fingerprint density at radius 3 is 2.40 bits per heavy atom. The highest BCUT2D eigenvalue weighted by Crippen LogP contribution is 2.20. The molecule has 3 N–H and O–H groups in total. The fourth-order valence-electron chi connectivity index (χ4n) is 1.58. The summed E-state index contributed by atoms with van der Waals surface area (Å²) in [6.07, 6.45) is 0.487. The minimum Gasteiger partial charge on any atom is -0.399 e. The number of thioether (sulfide) groups is 1. The Kier molecular flexibility index (Phi) is 5.72. The van der Waals surface area contributed by atoms with Gasteiger partial charge in [-0.2, -0.15) is 0 Å². The molecule has 0 bridgehead atoms. The van der Waals surface area contributed by atoms with E-state index in [9.17, 15) is 4.79 Å². The first-order chi connectivity index (χ1) is 9.63. The number of nitrogens with one attached hydrogen (secondary N) is 1. The first kappa shape index (κ1) is 15.2. The van der Waals surface area contributed by atoms with Gasteiger partial charge in [0.25, 0.3) is 0 Å². The predicted octanol–water partition coefficient (Wildman–Crippen LogP) is 3.99. The highest BCUT2D eigenvalue weighted by molar-refractivity contribution is 14.1. The Morgan fingerprint density at radius 1 is 1.10 bits per heavy atom. The van der Waals surface area contributed by atoms with E-state index < -0.39 is 0 Å².